The minimum atomic E-state index is -3.73. The summed E-state index contributed by atoms with van der Waals surface area (Å²) in [4.78, 5) is 9.21. The van der Waals surface area contributed by atoms with Crippen molar-refractivity contribution in [1.82, 2.24) is 9.97 Å². The zero-order valence-corrected chi connectivity index (χ0v) is 21.8. The van der Waals surface area contributed by atoms with Crippen molar-refractivity contribution < 1.29 is 8.42 Å². The van der Waals surface area contributed by atoms with Crippen LogP contribution in [0, 0.1) is 13.8 Å². The normalized spacial score (nSPS) is 11.1. The van der Waals surface area contributed by atoms with Crippen LogP contribution in [-0.4, -0.2) is 18.4 Å². The van der Waals surface area contributed by atoms with Crippen molar-refractivity contribution in [2.24, 2.45) is 0 Å². The van der Waals surface area contributed by atoms with Gasteiger partial charge in [0.15, 0.2) is 0 Å². The first-order chi connectivity index (χ1) is 18.3. The molecule has 0 spiro atoms. The molecule has 0 aliphatic carbocycles. The van der Waals surface area contributed by atoms with Gasteiger partial charge in [-0.1, -0.05) is 60.2 Å². The average molecular weight is 522 g/mol. The number of rotatable bonds is 8. The summed E-state index contributed by atoms with van der Waals surface area (Å²) >= 11 is 0. The Labute approximate surface area is 222 Å². The van der Waals surface area contributed by atoms with Crippen LogP contribution >= 0.6 is 0 Å². The zero-order valence-electron chi connectivity index (χ0n) is 21.0. The molecule has 0 fully saturated rings. The molecular formula is C30H27N5O2S. The van der Waals surface area contributed by atoms with Crippen LogP contribution in [0.2, 0.25) is 0 Å². The van der Waals surface area contributed by atoms with Gasteiger partial charge < -0.3 is 10.6 Å². The third kappa shape index (κ3) is 6.16. The van der Waals surface area contributed by atoms with Gasteiger partial charge in [0.25, 0.3) is 10.0 Å². The SMILES string of the molecule is Cc1ccc(Nc2cc(C)nc(Nc3ccc(NS(=O)(=O)c4ccc(-c5ccccc5)cc4)cc3)n2)cc1. The van der Waals surface area contributed by atoms with Crippen LogP contribution in [0.1, 0.15) is 11.3 Å². The van der Waals surface area contributed by atoms with Gasteiger partial charge in [0.2, 0.25) is 5.95 Å². The molecule has 7 nitrogen and oxygen atoms in total. The van der Waals surface area contributed by atoms with Crippen LogP contribution in [0.15, 0.2) is 114 Å². The second kappa shape index (κ2) is 10.7. The number of aromatic nitrogens is 2. The fourth-order valence-corrected chi connectivity index (χ4v) is 4.95. The van der Waals surface area contributed by atoms with Crippen LogP contribution in [0.3, 0.4) is 0 Å². The third-order valence-corrected chi connectivity index (χ3v) is 7.24. The van der Waals surface area contributed by atoms with E-state index in [9.17, 15) is 8.42 Å². The molecule has 4 aromatic carbocycles. The fraction of sp³-hybridized carbons (Fsp3) is 0.0667. The Kier molecular flexibility index (Phi) is 7.06. The lowest BCUT2D eigenvalue weighted by Crippen LogP contribution is -2.12. The standard InChI is InChI=1S/C30H27N5O2S/c1-21-8-12-25(13-9-21)32-29-20-22(2)31-30(34-29)33-26-14-16-27(17-15-26)35-38(36,37)28-18-10-24(11-19-28)23-6-4-3-5-7-23/h3-20,35H,1-2H3,(H2,31,32,33,34). The van der Waals surface area contributed by atoms with E-state index >= 15 is 0 Å². The molecule has 8 heteroatoms. The van der Waals surface area contributed by atoms with Crippen LogP contribution in [0.5, 0.6) is 0 Å². The Hall–Kier alpha value is -4.69. The quantitative estimate of drug-likeness (QED) is 0.203. The van der Waals surface area contributed by atoms with Crippen molar-refractivity contribution in [3.05, 3.63) is 120 Å². The molecule has 5 aromatic rings. The van der Waals surface area contributed by atoms with Crippen LogP contribution in [0.25, 0.3) is 11.1 Å². The first kappa shape index (κ1) is 25.0. The maximum atomic E-state index is 12.9. The minimum Gasteiger partial charge on any atom is -0.340 e. The number of benzene rings is 4. The van der Waals surface area contributed by atoms with E-state index in [1.807, 2.05) is 74.5 Å². The molecule has 38 heavy (non-hydrogen) atoms. The Morgan fingerprint density at radius 1 is 0.605 bits per heavy atom. The summed E-state index contributed by atoms with van der Waals surface area (Å²) in [6, 6.07) is 33.5. The highest BCUT2D eigenvalue weighted by Crippen LogP contribution is 2.24. The van der Waals surface area contributed by atoms with Gasteiger partial charge in [-0.3, -0.25) is 4.72 Å². The summed E-state index contributed by atoms with van der Waals surface area (Å²) in [5.74, 6) is 1.11. The molecule has 0 atom stereocenters. The van der Waals surface area contributed by atoms with E-state index in [0.29, 0.717) is 17.5 Å². The molecule has 0 aliphatic rings. The molecule has 1 heterocycles. The lowest BCUT2D eigenvalue weighted by atomic mass is 10.1. The van der Waals surface area contributed by atoms with Crippen LogP contribution in [0.4, 0.5) is 28.8 Å². The summed E-state index contributed by atoms with van der Waals surface area (Å²) in [5, 5.41) is 6.48. The van der Waals surface area contributed by atoms with E-state index in [4.69, 9.17) is 0 Å². The number of anilines is 5. The second-order valence-corrected chi connectivity index (χ2v) is 10.6. The molecule has 0 bridgehead atoms. The maximum absolute atomic E-state index is 12.9. The van der Waals surface area contributed by atoms with Crippen LogP contribution in [-0.2, 0) is 10.0 Å². The Morgan fingerprint density at radius 2 is 1.18 bits per heavy atom. The molecular weight excluding hydrogens is 494 g/mol. The smallest absolute Gasteiger partial charge is 0.261 e. The molecule has 3 N–H and O–H groups in total. The number of sulfonamides is 1. The fourth-order valence-electron chi connectivity index (χ4n) is 3.90. The van der Waals surface area contributed by atoms with E-state index in [1.54, 1.807) is 48.5 Å². The maximum Gasteiger partial charge on any atom is 0.261 e. The monoisotopic (exact) mass is 521 g/mol. The second-order valence-electron chi connectivity index (χ2n) is 8.91. The van der Waals surface area contributed by atoms with Gasteiger partial charge in [0, 0.05) is 28.8 Å². The molecule has 0 saturated heterocycles. The van der Waals surface area contributed by atoms with Gasteiger partial charge in [-0.2, -0.15) is 4.98 Å². The van der Waals surface area contributed by atoms with Gasteiger partial charge in [0.05, 0.1) is 4.90 Å². The van der Waals surface area contributed by atoms with Crippen molar-refractivity contribution in [2.45, 2.75) is 18.7 Å². The van der Waals surface area contributed by atoms with Gasteiger partial charge >= 0.3 is 0 Å². The molecule has 190 valence electrons. The number of aryl methyl sites for hydroxylation is 2. The predicted octanol–water partition coefficient (Wildman–Crippen LogP) is 7.05. The van der Waals surface area contributed by atoms with E-state index in [1.165, 1.54) is 5.56 Å². The molecule has 0 aliphatic heterocycles. The van der Waals surface area contributed by atoms with Gasteiger partial charge in [-0.25, -0.2) is 13.4 Å². The molecule has 0 saturated carbocycles. The van der Waals surface area contributed by atoms with Crippen molar-refractivity contribution in [2.75, 3.05) is 15.4 Å². The van der Waals surface area contributed by atoms with Gasteiger partial charge in [0.1, 0.15) is 5.82 Å². The highest BCUT2D eigenvalue weighted by molar-refractivity contribution is 7.92. The highest BCUT2D eigenvalue weighted by Gasteiger charge is 2.14. The van der Waals surface area contributed by atoms with E-state index in [2.05, 4.69) is 25.3 Å². The summed E-state index contributed by atoms with van der Waals surface area (Å²) in [5.41, 5.74) is 6.09. The molecule has 0 radical (unpaired) electrons. The summed E-state index contributed by atoms with van der Waals surface area (Å²) in [6.45, 7) is 3.94. The number of nitrogens with zero attached hydrogens (tertiary/aromatic N) is 2. The first-order valence-corrected chi connectivity index (χ1v) is 13.6. The largest absolute Gasteiger partial charge is 0.340 e. The molecule has 1 aromatic heterocycles. The number of hydrogen-bond donors (Lipinski definition) is 3. The van der Waals surface area contributed by atoms with E-state index in [-0.39, 0.29) is 4.90 Å². The van der Waals surface area contributed by atoms with Gasteiger partial charge in [-0.15, -0.1) is 0 Å². The highest BCUT2D eigenvalue weighted by atomic mass is 32.2. The van der Waals surface area contributed by atoms with Crippen LogP contribution < -0.4 is 15.4 Å². The van der Waals surface area contributed by atoms with Crippen molar-refractivity contribution >= 4 is 38.9 Å². The van der Waals surface area contributed by atoms with Crippen molar-refractivity contribution in [3.63, 3.8) is 0 Å². The third-order valence-electron chi connectivity index (χ3n) is 5.84. The summed E-state index contributed by atoms with van der Waals surface area (Å²) in [6.07, 6.45) is 0. The Morgan fingerprint density at radius 3 is 1.87 bits per heavy atom. The van der Waals surface area contributed by atoms with Crippen molar-refractivity contribution in [1.29, 1.82) is 0 Å². The molecule has 0 amide bonds. The minimum absolute atomic E-state index is 0.196. The topological polar surface area (TPSA) is 96.0 Å². The molecule has 0 unspecified atom stereocenters. The first-order valence-electron chi connectivity index (χ1n) is 12.1. The van der Waals surface area contributed by atoms with E-state index < -0.39 is 10.0 Å². The Bertz CT molecular complexity index is 1640. The predicted molar refractivity (Wildman–Crippen MR) is 154 cm³/mol. The summed E-state index contributed by atoms with van der Waals surface area (Å²) in [7, 11) is -3.73. The zero-order chi connectivity index (χ0) is 26.5. The van der Waals surface area contributed by atoms with E-state index in [0.717, 1.165) is 28.2 Å². The number of hydrogen-bond acceptors (Lipinski definition) is 6. The lowest BCUT2D eigenvalue weighted by molar-refractivity contribution is 0.601. The number of nitrogens with one attached hydrogen (secondary N) is 3. The average Bonchev–Trinajstić information content (AvgIpc) is 2.91. The lowest BCUT2D eigenvalue weighted by Gasteiger charge is -2.12. The Balaban J connectivity index is 1.25. The molecule has 5 rings (SSSR count). The summed E-state index contributed by atoms with van der Waals surface area (Å²) < 4.78 is 28.5. The van der Waals surface area contributed by atoms with Crippen molar-refractivity contribution in [3.8, 4) is 11.1 Å². The van der Waals surface area contributed by atoms with Gasteiger partial charge in [-0.05, 0) is 73.5 Å².